The maximum Gasteiger partial charge on any atom is 0.322 e. The Labute approximate surface area is 246 Å². The summed E-state index contributed by atoms with van der Waals surface area (Å²) in [5.41, 5.74) is 10.0. The number of rotatable bonds is 8. The molecule has 0 aliphatic heterocycles. The molecule has 0 unspecified atom stereocenters. The third-order valence-corrected chi connectivity index (χ3v) is 7.45. The van der Waals surface area contributed by atoms with Gasteiger partial charge >= 0.3 is 5.97 Å². The standard InChI is InChI=1S/C33H26N6O4/c1-20-25(23-11-9-22(19-40)10-12-23)5-3-7-27(20)28-8-4-6-26(21(28)2)24-13-15-38-30(17-24)35-36-33(38)39-16-14-29(37-39)32(43)34-18-31(41)42/h3-17,19H,18H2,1-2H3,(H,34,43)(H,41,42). The van der Waals surface area contributed by atoms with E-state index in [1.54, 1.807) is 10.6 Å². The molecule has 0 radical (unpaired) electrons. The third-order valence-electron chi connectivity index (χ3n) is 7.45. The SMILES string of the molecule is Cc1c(-c2ccc(C=O)cc2)cccc1-c1cccc(-c2ccn3c(-n4ccc(C(=O)NCC(=O)O)n4)nnc3c2)c1C. The summed E-state index contributed by atoms with van der Waals surface area (Å²) < 4.78 is 3.18. The second-order valence-corrected chi connectivity index (χ2v) is 10.1. The van der Waals surface area contributed by atoms with Crippen molar-refractivity contribution in [2.24, 2.45) is 0 Å². The number of aromatic nitrogens is 5. The highest BCUT2D eigenvalue weighted by Crippen LogP contribution is 2.37. The number of carboxylic acid groups (broad SMARTS) is 1. The van der Waals surface area contributed by atoms with Gasteiger partial charge in [-0.15, -0.1) is 10.2 Å². The summed E-state index contributed by atoms with van der Waals surface area (Å²) in [6, 6.07) is 25.5. The Morgan fingerprint density at radius 1 is 0.814 bits per heavy atom. The van der Waals surface area contributed by atoms with E-state index < -0.39 is 18.4 Å². The summed E-state index contributed by atoms with van der Waals surface area (Å²) >= 11 is 0. The maximum absolute atomic E-state index is 12.2. The summed E-state index contributed by atoms with van der Waals surface area (Å²) in [4.78, 5) is 34.0. The first-order chi connectivity index (χ1) is 20.8. The van der Waals surface area contributed by atoms with Crippen LogP contribution in [0.3, 0.4) is 0 Å². The Morgan fingerprint density at radius 2 is 1.47 bits per heavy atom. The topological polar surface area (TPSA) is 131 Å². The van der Waals surface area contributed by atoms with Crippen molar-refractivity contribution in [1.82, 2.24) is 29.7 Å². The normalized spacial score (nSPS) is 11.0. The zero-order valence-electron chi connectivity index (χ0n) is 23.4. The lowest BCUT2D eigenvalue weighted by Crippen LogP contribution is -2.29. The van der Waals surface area contributed by atoms with Gasteiger partial charge in [0, 0.05) is 18.0 Å². The van der Waals surface area contributed by atoms with Gasteiger partial charge in [0.2, 0.25) is 0 Å². The Balaban J connectivity index is 1.32. The maximum atomic E-state index is 12.2. The number of amides is 1. The first-order valence-corrected chi connectivity index (χ1v) is 13.5. The fraction of sp³-hybridized carbons (Fsp3) is 0.0909. The van der Waals surface area contributed by atoms with E-state index in [0.29, 0.717) is 17.2 Å². The van der Waals surface area contributed by atoms with Gasteiger partial charge in [0.25, 0.3) is 11.9 Å². The van der Waals surface area contributed by atoms with E-state index in [9.17, 15) is 14.4 Å². The predicted molar refractivity (Wildman–Crippen MR) is 161 cm³/mol. The van der Waals surface area contributed by atoms with Gasteiger partial charge in [-0.25, -0.2) is 4.68 Å². The second-order valence-electron chi connectivity index (χ2n) is 10.1. The van der Waals surface area contributed by atoms with Gasteiger partial charge in [-0.05, 0) is 76.6 Å². The van der Waals surface area contributed by atoms with Crippen molar-refractivity contribution >= 4 is 23.8 Å². The molecule has 43 heavy (non-hydrogen) atoms. The number of pyridine rings is 1. The van der Waals surface area contributed by atoms with Gasteiger partial charge in [-0.3, -0.25) is 18.8 Å². The van der Waals surface area contributed by atoms with Gasteiger partial charge in [-0.2, -0.15) is 5.10 Å². The average molecular weight is 571 g/mol. The number of aldehydes is 1. The molecular weight excluding hydrogens is 544 g/mol. The molecule has 10 nitrogen and oxygen atoms in total. The number of fused-ring (bicyclic) bond motifs is 1. The lowest BCUT2D eigenvalue weighted by molar-refractivity contribution is -0.135. The van der Waals surface area contributed by atoms with Crippen LogP contribution < -0.4 is 5.32 Å². The highest BCUT2D eigenvalue weighted by Gasteiger charge is 2.16. The molecule has 0 bridgehead atoms. The zero-order chi connectivity index (χ0) is 30.1. The highest BCUT2D eigenvalue weighted by molar-refractivity contribution is 5.94. The Kier molecular flexibility index (Phi) is 7.09. The van der Waals surface area contributed by atoms with Crippen molar-refractivity contribution in [1.29, 1.82) is 0 Å². The van der Waals surface area contributed by atoms with Crippen LogP contribution in [0.15, 0.2) is 91.3 Å². The first-order valence-electron chi connectivity index (χ1n) is 13.5. The summed E-state index contributed by atoms with van der Waals surface area (Å²) in [5, 5.41) is 23.9. The molecule has 0 aliphatic carbocycles. The molecule has 0 spiro atoms. The van der Waals surface area contributed by atoms with Crippen LogP contribution in [0.2, 0.25) is 0 Å². The van der Waals surface area contributed by atoms with Crippen molar-refractivity contribution in [2.75, 3.05) is 6.54 Å². The number of nitrogens with zero attached hydrogens (tertiary/aromatic N) is 5. The van der Waals surface area contributed by atoms with E-state index in [0.717, 1.165) is 50.8 Å². The molecule has 212 valence electrons. The number of carbonyl (C=O) groups is 3. The van der Waals surface area contributed by atoms with E-state index in [-0.39, 0.29) is 5.69 Å². The van der Waals surface area contributed by atoms with E-state index in [1.807, 2.05) is 48.7 Å². The van der Waals surface area contributed by atoms with Gasteiger partial charge in [0.05, 0.1) is 0 Å². The molecule has 6 aromatic rings. The lowest BCUT2D eigenvalue weighted by Gasteiger charge is -2.16. The molecule has 2 N–H and O–H groups in total. The molecule has 1 amide bonds. The number of hydrogen-bond donors (Lipinski definition) is 2. The van der Waals surface area contributed by atoms with E-state index in [2.05, 4.69) is 64.8 Å². The van der Waals surface area contributed by atoms with Crippen LogP contribution in [0.5, 0.6) is 0 Å². The molecule has 6 rings (SSSR count). The number of benzene rings is 3. The highest BCUT2D eigenvalue weighted by atomic mass is 16.4. The van der Waals surface area contributed by atoms with Crippen LogP contribution in [0.1, 0.15) is 32.0 Å². The van der Waals surface area contributed by atoms with Crippen LogP contribution in [0.4, 0.5) is 0 Å². The molecular formula is C33H26N6O4. The number of aliphatic carboxylic acids is 1. The Bertz CT molecular complexity index is 2020. The van der Waals surface area contributed by atoms with Crippen LogP contribution in [-0.4, -0.2) is 54.2 Å². The van der Waals surface area contributed by atoms with Crippen molar-refractivity contribution in [2.45, 2.75) is 13.8 Å². The number of hydrogen-bond acceptors (Lipinski definition) is 6. The van der Waals surface area contributed by atoms with Gasteiger partial charge in [-0.1, -0.05) is 60.7 Å². The van der Waals surface area contributed by atoms with E-state index in [4.69, 9.17) is 5.11 Å². The Hall–Kier alpha value is -5.90. The summed E-state index contributed by atoms with van der Waals surface area (Å²) in [7, 11) is 0. The molecule has 3 heterocycles. The molecule has 0 saturated carbocycles. The monoisotopic (exact) mass is 570 g/mol. The molecule has 3 aromatic heterocycles. The van der Waals surface area contributed by atoms with E-state index in [1.165, 1.54) is 10.7 Å². The largest absolute Gasteiger partial charge is 0.480 e. The second kappa shape index (κ2) is 11.2. The smallest absolute Gasteiger partial charge is 0.322 e. The van der Waals surface area contributed by atoms with Crippen LogP contribution >= 0.6 is 0 Å². The summed E-state index contributed by atoms with van der Waals surface area (Å²) in [6.07, 6.45) is 4.27. The molecule has 0 aliphatic rings. The van der Waals surface area contributed by atoms with Gasteiger partial charge in [0.1, 0.15) is 12.8 Å². The number of carboxylic acids is 1. The Morgan fingerprint density at radius 3 is 2.12 bits per heavy atom. The van der Waals surface area contributed by atoms with Crippen LogP contribution in [0.25, 0.3) is 45.0 Å². The average Bonchev–Trinajstić information content (AvgIpc) is 3.68. The van der Waals surface area contributed by atoms with Crippen molar-refractivity contribution in [3.63, 3.8) is 0 Å². The summed E-state index contributed by atoms with van der Waals surface area (Å²) in [5.74, 6) is -1.35. The molecule has 0 fully saturated rings. The minimum Gasteiger partial charge on any atom is -0.480 e. The molecule has 3 aromatic carbocycles. The van der Waals surface area contributed by atoms with Crippen LogP contribution in [-0.2, 0) is 4.79 Å². The zero-order valence-corrected chi connectivity index (χ0v) is 23.4. The minimum absolute atomic E-state index is 0.0689. The first kappa shape index (κ1) is 27.3. The van der Waals surface area contributed by atoms with Crippen molar-refractivity contribution in [3.05, 3.63) is 114 Å². The lowest BCUT2D eigenvalue weighted by atomic mass is 9.88. The van der Waals surface area contributed by atoms with Crippen molar-refractivity contribution < 1.29 is 19.5 Å². The molecule has 0 saturated heterocycles. The molecule has 0 atom stereocenters. The number of carbonyl (C=O) groups excluding carboxylic acids is 2. The van der Waals surface area contributed by atoms with Gasteiger partial charge in [0.15, 0.2) is 11.3 Å². The van der Waals surface area contributed by atoms with Gasteiger partial charge < -0.3 is 10.4 Å². The third kappa shape index (κ3) is 5.17. The minimum atomic E-state index is -1.14. The quantitative estimate of drug-likeness (QED) is 0.242. The number of nitrogens with one attached hydrogen (secondary N) is 1. The molecule has 10 heteroatoms. The van der Waals surface area contributed by atoms with E-state index >= 15 is 0 Å². The fourth-order valence-corrected chi connectivity index (χ4v) is 5.23. The summed E-state index contributed by atoms with van der Waals surface area (Å²) in [6.45, 7) is 3.73. The van der Waals surface area contributed by atoms with Crippen LogP contribution in [0, 0.1) is 13.8 Å². The van der Waals surface area contributed by atoms with Crippen molar-refractivity contribution in [3.8, 4) is 39.3 Å². The fourth-order valence-electron chi connectivity index (χ4n) is 5.23. The predicted octanol–water partition coefficient (Wildman–Crippen LogP) is 5.16.